The number of hydrogen-bond acceptors (Lipinski definition) is 3. The van der Waals surface area contributed by atoms with Crippen LogP contribution in [0.4, 0.5) is 0 Å². The number of benzene rings is 1. The number of hydrogen-bond donors (Lipinski definition) is 0. The molecule has 0 amide bonds. The van der Waals surface area contributed by atoms with Gasteiger partial charge in [0, 0.05) is 18.3 Å². The van der Waals surface area contributed by atoms with Crippen molar-refractivity contribution in [3.63, 3.8) is 0 Å². The highest BCUT2D eigenvalue weighted by atomic mass is 16.5. The van der Waals surface area contributed by atoms with Gasteiger partial charge in [0.1, 0.15) is 17.4 Å². The number of rotatable bonds is 3. The summed E-state index contributed by atoms with van der Waals surface area (Å²) in [5.41, 5.74) is 2.40. The lowest BCUT2D eigenvalue weighted by Gasteiger charge is -2.12. The third-order valence-electron chi connectivity index (χ3n) is 3.30. The highest BCUT2D eigenvalue weighted by Gasteiger charge is 2.14. The minimum absolute atomic E-state index is 0.192. The summed E-state index contributed by atoms with van der Waals surface area (Å²) in [5.74, 6) is 0.742. The topological polar surface area (TPSA) is 55.0 Å². The average Bonchev–Trinajstić information content (AvgIpc) is 2.48. The molecule has 2 rings (SSSR count). The van der Waals surface area contributed by atoms with Crippen molar-refractivity contribution in [2.24, 2.45) is 0 Å². The van der Waals surface area contributed by atoms with Crippen molar-refractivity contribution in [1.82, 2.24) is 4.57 Å². The summed E-state index contributed by atoms with van der Waals surface area (Å²) in [6, 6.07) is 9.40. The number of ether oxygens (including phenoxy) is 1. The van der Waals surface area contributed by atoms with Crippen molar-refractivity contribution in [2.45, 2.75) is 20.4 Å². The van der Waals surface area contributed by atoms with E-state index >= 15 is 0 Å². The van der Waals surface area contributed by atoms with Crippen LogP contribution in [0.5, 0.6) is 5.75 Å². The summed E-state index contributed by atoms with van der Waals surface area (Å²) in [7, 11) is 1.60. The molecule has 0 N–H and O–H groups in total. The molecule has 1 aromatic carbocycles. The van der Waals surface area contributed by atoms with Crippen molar-refractivity contribution in [2.75, 3.05) is 7.11 Å². The summed E-state index contributed by atoms with van der Waals surface area (Å²) < 4.78 is 6.68. The summed E-state index contributed by atoms with van der Waals surface area (Å²) in [5, 5.41) is 9.32. The maximum absolute atomic E-state index is 12.2. The van der Waals surface area contributed by atoms with Crippen LogP contribution in [0, 0.1) is 18.3 Å². The van der Waals surface area contributed by atoms with Gasteiger partial charge in [0.25, 0.3) is 5.56 Å². The summed E-state index contributed by atoms with van der Waals surface area (Å²) in [6.07, 6.45) is 1.79. The van der Waals surface area contributed by atoms with Crippen LogP contribution < -0.4 is 10.3 Å². The number of pyridine rings is 1. The van der Waals surface area contributed by atoms with E-state index in [1.54, 1.807) is 17.9 Å². The zero-order valence-corrected chi connectivity index (χ0v) is 11.8. The molecule has 0 fully saturated rings. The maximum atomic E-state index is 12.2. The number of aromatic nitrogens is 1. The second-order valence-electron chi connectivity index (χ2n) is 4.49. The number of methoxy groups -OCH3 is 1. The molecule has 1 aromatic heterocycles. The van der Waals surface area contributed by atoms with E-state index in [0.717, 1.165) is 16.9 Å². The Kier molecular flexibility index (Phi) is 3.90. The maximum Gasteiger partial charge on any atom is 0.269 e. The quantitative estimate of drug-likeness (QED) is 0.860. The molecule has 0 unspecified atom stereocenters. The van der Waals surface area contributed by atoms with Gasteiger partial charge in [-0.25, -0.2) is 0 Å². The molecule has 0 saturated heterocycles. The molecule has 0 aliphatic rings. The number of nitrogens with zero attached hydrogens (tertiary/aromatic N) is 2. The normalized spacial score (nSPS) is 10.1. The molecule has 0 aliphatic carbocycles. The molecule has 2 aromatic rings. The van der Waals surface area contributed by atoms with E-state index in [1.807, 2.05) is 44.2 Å². The lowest BCUT2D eigenvalue weighted by molar-refractivity contribution is 0.415. The van der Waals surface area contributed by atoms with E-state index in [1.165, 1.54) is 0 Å². The molecule has 0 atom stereocenters. The van der Waals surface area contributed by atoms with E-state index in [-0.39, 0.29) is 11.1 Å². The Labute approximate surface area is 117 Å². The first-order chi connectivity index (χ1) is 9.62. The van der Waals surface area contributed by atoms with E-state index in [2.05, 4.69) is 0 Å². The zero-order chi connectivity index (χ0) is 14.7. The Bertz CT molecular complexity index is 722. The minimum atomic E-state index is -0.244. The first kappa shape index (κ1) is 13.9. The Morgan fingerprint density at radius 3 is 2.45 bits per heavy atom. The highest BCUT2D eigenvalue weighted by molar-refractivity contribution is 5.73. The predicted molar refractivity (Wildman–Crippen MR) is 77.8 cm³/mol. The molecule has 0 bridgehead atoms. The molecule has 4 nitrogen and oxygen atoms in total. The first-order valence-electron chi connectivity index (χ1n) is 6.41. The van der Waals surface area contributed by atoms with Crippen LogP contribution >= 0.6 is 0 Å². The smallest absolute Gasteiger partial charge is 0.269 e. The zero-order valence-electron chi connectivity index (χ0n) is 11.8. The van der Waals surface area contributed by atoms with Crippen LogP contribution in [0.25, 0.3) is 11.1 Å². The Hall–Kier alpha value is -2.54. The first-order valence-corrected chi connectivity index (χ1v) is 6.41. The van der Waals surface area contributed by atoms with Gasteiger partial charge in [-0.15, -0.1) is 0 Å². The minimum Gasteiger partial charge on any atom is -0.497 e. The summed E-state index contributed by atoms with van der Waals surface area (Å²) in [6.45, 7) is 4.35. The van der Waals surface area contributed by atoms with E-state index in [4.69, 9.17) is 4.74 Å². The number of nitriles is 1. The van der Waals surface area contributed by atoms with Gasteiger partial charge in [-0.1, -0.05) is 12.1 Å². The van der Waals surface area contributed by atoms with E-state index in [9.17, 15) is 10.1 Å². The van der Waals surface area contributed by atoms with Crippen LogP contribution in [0.15, 0.2) is 35.3 Å². The van der Waals surface area contributed by atoms with Crippen molar-refractivity contribution in [3.05, 3.63) is 51.9 Å². The number of aryl methyl sites for hydroxylation is 2. The molecule has 0 radical (unpaired) electrons. The van der Waals surface area contributed by atoms with Gasteiger partial charge in [-0.3, -0.25) is 4.79 Å². The average molecular weight is 268 g/mol. The SMILES string of the molecule is CCn1cc(C)c(-c2ccc(OC)cc2)c(C#N)c1=O. The lowest BCUT2D eigenvalue weighted by Crippen LogP contribution is -2.23. The van der Waals surface area contributed by atoms with Crippen LogP contribution in [0.2, 0.25) is 0 Å². The molecule has 1 heterocycles. The summed E-state index contributed by atoms with van der Waals surface area (Å²) >= 11 is 0. The largest absolute Gasteiger partial charge is 0.497 e. The van der Waals surface area contributed by atoms with Gasteiger partial charge in [-0.2, -0.15) is 5.26 Å². The van der Waals surface area contributed by atoms with Crippen molar-refractivity contribution in [3.8, 4) is 22.9 Å². The molecule has 102 valence electrons. The monoisotopic (exact) mass is 268 g/mol. The molecule has 0 saturated carbocycles. The fourth-order valence-electron chi connectivity index (χ4n) is 2.27. The van der Waals surface area contributed by atoms with Gasteiger partial charge in [0.05, 0.1) is 7.11 Å². The second-order valence-corrected chi connectivity index (χ2v) is 4.49. The predicted octanol–water partition coefficient (Wildman–Crippen LogP) is 2.72. The van der Waals surface area contributed by atoms with Crippen molar-refractivity contribution < 1.29 is 4.74 Å². The van der Waals surface area contributed by atoms with Gasteiger partial charge < -0.3 is 9.30 Å². The second kappa shape index (κ2) is 5.62. The van der Waals surface area contributed by atoms with Gasteiger partial charge >= 0.3 is 0 Å². The van der Waals surface area contributed by atoms with Crippen LogP contribution in [0.3, 0.4) is 0 Å². The Balaban J connectivity index is 2.70. The Morgan fingerprint density at radius 1 is 1.30 bits per heavy atom. The molecular formula is C16H16N2O2. The van der Waals surface area contributed by atoms with Crippen LogP contribution in [-0.2, 0) is 6.54 Å². The molecule has 0 aliphatic heterocycles. The fourth-order valence-corrected chi connectivity index (χ4v) is 2.27. The van der Waals surface area contributed by atoms with Gasteiger partial charge in [0.15, 0.2) is 0 Å². The summed E-state index contributed by atoms with van der Waals surface area (Å²) in [4.78, 5) is 12.2. The van der Waals surface area contributed by atoms with E-state index < -0.39 is 0 Å². The van der Waals surface area contributed by atoms with Crippen molar-refractivity contribution in [1.29, 1.82) is 5.26 Å². The van der Waals surface area contributed by atoms with Gasteiger partial charge in [0.2, 0.25) is 0 Å². The highest BCUT2D eigenvalue weighted by Crippen LogP contribution is 2.27. The molecule has 0 spiro atoms. The fraction of sp³-hybridized carbons (Fsp3) is 0.250. The standard InChI is InChI=1S/C16H16N2O2/c1-4-18-10-11(2)15(14(9-17)16(18)19)12-5-7-13(20-3)8-6-12/h5-8,10H,4H2,1-3H3. The molecule has 4 heteroatoms. The van der Waals surface area contributed by atoms with Crippen molar-refractivity contribution >= 4 is 0 Å². The van der Waals surface area contributed by atoms with Crippen LogP contribution in [-0.4, -0.2) is 11.7 Å². The lowest BCUT2D eigenvalue weighted by atomic mass is 9.97. The van der Waals surface area contributed by atoms with Crippen LogP contribution in [0.1, 0.15) is 18.1 Å². The molecular weight excluding hydrogens is 252 g/mol. The van der Waals surface area contributed by atoms with E-state index in [0.29, 0.717) is 12.1 Å². The Morgan fingerprint density at radius 2 is 1.95 bits per heavy atom. The third kappa shape index (κ3) is 2.30. The third-order valence-corrected chi connectivity index (χ3v) is 3.30. The van der Waals surface area contributed by atoms with Gasteiger partial charge in [-0.05, 0) is 37.1 Å². The molecule has 20 heavy (non-hydrogen) atoms.